The molecule has 0 bridgehead atoms. The van der Waals surface area contributed by atoms with E-state index in [-0.39, 0.29) is 10.8 Å². The van der Waals surface area contributed by atoms with E-state index in [1.165, 1.54) is 93.9 Å². The van der Waals surface area contributed by atoms with Gasteiger partial charge in [0.2, 0.25) is 0 Å². The van der Waals surface area contributed by atoms with Crippen molar-refractivity contribution < 1.29 is 0 Å². The van der Waals surface area contributed by atoms with Crippen molar-refractivity contribution in [3.63, 3.8) is 0 Å². The molecule has 236 valence electrons. The summed E-state index contributed by atoms with van der Waals surface area (Å²) in [6, 6.07) is 47.8. The molecule has 0 nitrogen and oxygen atoms in total. The van der Waals surface area contributed by atoms with Gasteiger partial charge in [0.1, 0.15) is 0 Å². The molecule has 0 unspecified atom stereocenters. The van der Waals surface area contributed by atoms with Crippen molar-refractivity contribution in [1.82, 2.24) is 0 Å². The minimum absolute atomic E-state index is 0.0473. The summed E-state index contributed by atoms with van der Waals surface area (Å²) >= 11 is 4.82. The van der Waals surface area contributed by atoms with E-state index >= 15 is 0 Å². The van der Waals surface area contributed by atoms with E-state index in [4.69, 9.17) is 12.6 Å². The van der Waals surface area contributed by atoms with E-state index in [0.717, 1.165) is 17.7 Å². The number of benzene rings is 7. The highest BCUT2D eigenvalue weighted by molar-refractivity contribution is 7.80. The van der Waals surface area contributed by atoms with Gasteiger partial charge in [-0.05, 0) is 125 Å². The van der Waals surface area contributed by atoms with Gasteiger partial charge >= 0.3 is 0 Å². The van der Waals surface area contributed by atoms with Crippen molar-refractivity contribution >= 4 is 39.7 Å². The normalized spacial score (nSPS) is 16.3. The fraction of sp³-hybridized carbons (Fsp3) is 0.167. The minimum Gasteiger partial charge on any atom is -0.143 e. The second-order valence-corrected chi connectivity index (χ2v) is 15.8. The molecule has 0 amide bonds. The monoisotopic (exact) mass is 646 g/mol. The van der Waals surface area contributed by atoms with Gasteiger partial charge in [0.05, 0.1) is 0 Å². The van der Waals surface area contributed by atoms with Crippen molar-refractivity contribution in [1.29, 1.82) is 0 Å². The second-order valence-electron chi connectivity index (χ2n) is 15.3. The Kier molecular flexibility index (Phi) is 5.99. The topological polar surface area (TPSA) is 0 Å². The molecule has 0 aliphatic heterocycles. The maximum Gasteiger partial charge on any atom is 0.0159 e. The number of allylic oxidation sites excluding steroid dienone is 1. The molecule has 3 aliphatic carbocycles. The Morgan fingerprint density at radius 1 is 0.449 bits per heavy atom. The van der Waals surface area contributed by atoms with Crippen molar-refractivity contribution in [2.75, 3.05) is 0 Å². The van der Waals surface area contributed by atoms with E-state index in [0.29, 0.717) is 0 Å². The maximum atomic E-state index is 4.82. The Labute approximate surface area is 294 Å². The largest absolute Gasteiger partial charge is 0.143 e. The van der Waals surface area contributed by atoms with E-state index in [2.05, 4.69) is 155 Å². The SMILES string of the molecule is CC1(C)C2=C(c3ccc(S)cc31)c1c(c(-c3c4ccccc4c(-c4ccccc4)c4ccccc34)cc3c1-c1ccccc1C3(C)C)CC2. The van der Waals surface area contributed by atoms with E-state index in [9.17, 15) is 0 Å². The van der Waals surface area contributed by atoms with Crippen LogP contribution in [0.25, 0.3) is 60.5 Å². The molecule has 0 N–H and O–H groups in total. The number of hydrogen-bond donors (Lipinski definition) is 1. The predicted molar refractivity (Wildman–Crippen MR) is 211 cm³/mol. The first-order valence-electron chi connectivity index (χ1n) is 17.6. The Hall–Kier alpha value is -4.85. The summed E-state index contributed by atoms with van der Waals surface area (Å²) in [4.78, 5) is 1.04. The van der Waals surface area contributed by atoms with Crippen molar-refractivity contribution in [2.45, 2.75) is 56.3 Å². The molecular weight excluding hydrogens is 609 g/mol. The average Bonchev–Trinajstić information content (AvgIpc) is 3.49. The highest BCUT2D eigenvalue weighted by atomic mass is 32.1. The molecule has 0 saturated heterocycles. The van der Waals surface area contributed by atoms with Crippen LogP contribution in [0.2, 0.25) is 0 Å². The molecule has 0 aromatic heterocycles. The lowest BCUT2D eigenvalue weighted by Gasteiger charge is -2.32. The van der Waals surface area contributed by atoms with Crippen LogP contribution < -0.4 is 0 Å². The smallest absolute Gasteiger partial charge is 0.0159 e. The number of rotatable bonds is 2. The molecule has 0 radical (unpaired) electrons. The maximum absolute atomic E-state index is 4.82. The van der Waals surface area contributed by atoms with Gasteiger partial charge in [0, 0.05) is 15.7 Å². The summed E-state index contributed by atoms with van der Waals surface area (Å²) < 4.78 is 0. The lowest BCUT2D eigenvalue weighted by atomic mass is 9.71. The third kappa shape index (κ3) is 3.83. The van der Waals surface area contributed by atoms with Crippen LogP contribution in [0.1, 0.15) is 67.5 Å². The number of fused-ring (bicyclic) bond motifs is 10. The van der Waals surface area contributed by atoms with Gasteiger partial charge in [-0.1, -0.05) is 142 Å². The molecule has 0 atom stereocenters. The van der Waals surface area contributed by atoms with Crippen LogP contribution in [0.15, 0.2) is 138 Å². The van der Waals surface area contributed by atoms with E-state index < -0.39 is 0 Å². The number of hydrogen-bond acceptors (Lipinski definition) is 1. The molecule has 3 aliphatic rings. The zero-order valence-electron chi connectivity index (χ0n) is 28.5. The average molecular weight is 647 g/mol. The molecule has 0 heterocycles. The van der Waals surface area contributed by atoms with Gasteiger partial charge < -0.3 is 0 Å². The van der Waals surface area contributed by atoms with Crippen LogP contribution in [0.5, 0.6) is 0 Å². The Bertz CT molecular complexity index is 2540. The summed E-state index contributed by atoms with van der Waals surface area (Å²) in [7, 11) is 0. The minimum atomic E-state index is -0.130. The molecular formula is C48H38S. The zero-order chi connectivity index (χ0) is 33.2. The van der Waals surface area contributed by atoms with Crippen LogP contribution in [0.4, 0.5) is 0 Å². The summed E-state index contributed by atoms with van der Waals surface area (Å²) in [6.07, 6.45) is 2.08. The van der Waals surface area contributed by atoms with Crippen LogP contribution in [-0.2, 0) is 17.3 Å². The standard InChI is InChI=1S/C48H38S/c1-47(2)38-21-13-12-20-35(38)45-41(47)27-37(34-24-25-39-44(46(34)45)36-23-22-29(49)26-40(36)48(39,3)4)43-32-18-10-8-16-30(32)42(28-14-6-5-7-15-28)31-17-9-11-19-33(31)43/h5-23,26-27,49H,24-25H2,1-4H3. The van der Waals surface area contributed by atoms with Gasteiger partial charge in [0.25, 0.3) is 0 Å². The third-order valence-electron chi connectivity index (χ3n) is 12.1. The highest BCUT2D eigenvalue weighted by Gasteiger charge is 2.45. The fourth-order valence-electron chi connectivity index (χ4n) is 9.86. The van der Waals surface area contributed by atoms with Crippen LogP contribution in [-0.4, -0.2) is 0 Å². The van der Waals surface area contributed by atoms with Crippen LogP contribution in [0, 0.1) is 0 Å². The molecule has 7 aromatic carbocycles. The lowest BCUT2D eigenvalue weighted by Crippen LogP contribution is -2.20. The summed E-state index contributed by atoms with van der Waals surface area (Å²) in [5.74, 6) is 0. The van der Waals surface area contributed by atoms with Crippen molar-refractivity contribution in [3.8, 4) is 33.4 Å². The summed E-state index contributed by atoms with van der Waals surface area (Å²) in [5, 5.41) is 5.26. The molecule has 0 spiro atoms. The van der Waals surface area contributed by atoms with Gasteiger partial charge in [-0.15, -0.1) is 12.6 Å². The van der Waals surface area contributed by atoms with Gasteiger partial charge in [-0.25, -0.2) is 0 Å². The zero-order valence-corrected chi connectivity index (χ0v) is 29.4. The van der Waals surface area contributed by atoms with E-state index in [1.54, 1.807) is 5.57 Å². The van der Waals surface area contributed by atoms with Crippen molar-refractivity contribution in [2.24, 2.45) is 0 Å². The van der Waals surface area contributed by atoms with Crippen LogP contribution >= 0.6 is 12.6 Å². The van der Waals surface area contributed by atoms with Gasteiger partial charge in [-0.2, -0.15) is 0 Å². The second kappa shape index (κ2) is 10.1. The first kappa shape index (κ1) is 29.1. The molecule has 1 heteroatoms. The quantitative estimate of drug-likeness (QED) is 0.140. The third-order valence-corrected chi connectivity index (χ3v) is 12.4. The highest BCUT2D eigenvalue weighted by Crippen LogP contribution is 2.61. The Balaban J connectivity index is 1.39. The lowest BCUT2D eigenvalue weighted by molar-refractivity contribution is 0.602. The molecule has 7 aromatic rings. The predicted octanol–water partition coefficient (Wildman–Crippen LogP) is 13.0. The van der Waals surface area contributed by atoms with Gasteiger partial charge in [0.15, 0.2) is 0 Å². The van der Waals surface area contributed by atoms with Crippen molar-refractivity contribution in [3.05, 3.63) is 166 Å². The Morgan fingerprint density at radius 3 is 1.76 bits per heavy atom. The van der Waals surface area contributed by atoms with Crippen LogP contribution in [0.3, 0.4) is 0 Å². The molecule has 49 heavy (non-hydrogen) atoms. The fourth-order valence-corrected chi connectivity index (χ4v) is 10.1. The molecule has 0 fully saturated rings. The first-order valence-corrected chi connectivity index (χ1v) is 18.1. The molecule has 0 saturated carbocycles. The Morgan fingerprint density at radius 2 is 1.06 bits per heavy atom. The van der Waals surface area contributed by atoms with E-state index in [1.807, 2.05) is 0 Å². The molecule has 10 rings (SSSR count). The van der Waals surface area contributed by atoms with Gasteiger partial charge in [-0.3, -0.25) is 0 Å². The number of thiol groups is 1. The summed E-state index contributed by atoms with van der Waals surface area (Å²) in [6.45, 7) is 9.72. The summed E-state index contributed by atoms with van der Waals surface area (Å²) in [5.41, 5.74) is 19.7. The first-order chi connectivity index (χ1) is 23.8.